The molecule has 7 nitrogen and oxygen atoms in total. The van der Waals surface area contributed by atoms with Gasteiger partial charge < -0.3 is 10.1 Å². The Kier molecular flexibility index (Phi) is 4.24. The Hall–Kier alpha value is -3.22. The molecule has 0 spiro atoms. The van der Waals surface area contributed by atoms with E-state index < -0.39 is 4.92 Å². The van der Waals surface area contributed by atoms with Crippen LogP contribution in [0, 0.1) is 10.1 Å². The van der Waals surface area contributed by atoms with Gasteiger partial charge in [-0.2, -0.15) is 0 Å². The summed E-state index contributed by atoms with van der Waals surface area (Å²) in [4.78, 5) is 24.7. The molecule has 24 heavy (non-hydrogen) atoms. The van der Waals surface area contributed by atoms with Crippen LogP contribution in [0.25, 0.3) is 0 Å². The molecule has 0 fully saturated rings. The lowest BCUT2D eigenvalue weighted by Gasteiger charge is -2.22. The van der Waals surface area contributed by atoms with Gasteiger partial charge in [-0.25, -0.2) is 0 Å². The van der Waals surface area contributed by atoms with E-state index in [-0.39, 0.29) is 11.6 Å². The van der Waals surface area contributed by atoms with E-state index in [1.54, 1.807) is 11.0 Å². The minimum atomic E-state index is -0.501. The van der Waals surface area contributed by atoms with Gasteiger partial charge in [0.15, 0.2) is 0 Å². The highest BCUT2D eigenvalue weighted by Crippen LogP contribution is 2.28. The normalized spacial score (nSPS) is 15.7. The Labute approximate surface area is 138 Å². The van der Waals surface area contributed by atoms with E-state index in [4.69, 9.17) is 0 Å². The highest BCUT2D eigenvalue weighted by molar-refractivity contribution is 6.12. The summed E-state index contributed by atoms with van der Waals surface area (Å²) in [6.45, 7) is 0.478. The van der Waals surface area contributed by atoms with E-state index >= 15 is 0 Å². The zero-order valence-electron chi connectivity index (χ0n) is 12.8. The van der Waals surface area contributed by atoms with Gasteiger partial charge in [-0.3, -0.25) is 14.9 Å². The fourth-order valence-corrected chi connectivity index (χ4v) is 2.81. The molecule has 3 rings (SSSR count). The zero-order chi connectivity index (χ0) is 17.1. The average molecular weight is 325 g/mol. The Balaban J connectivity index is 1.98. The number of nitro groups is 1. The molecular formula is C17H15N3O4. The summed E-state index contributed by atoms with van der Waals surface area (Å²) in [5.41, 5.74) is 2.25. The van der Waals surface area contributed by atoms with Crippen LogP contribution in [-0.2, 0) is 0 Å². The molecule has 2 aromatic carbocycles. The maximum Gasteiger partial charge on any atom is 0.269 e. The van der Waals surface area contributed by atoms with Crippen molar-refractivity contribution in [1.29, 1.82) is 0 Å². The van der Waals surface area contributed by atoms with Gasteiger partial charge in [-0.05, 0) is 31.0 Å². The largest absolute Gasteiger partial charge is 0.411 e. The molecule has 1 amide bonds. The van der Waals surface area contributed by atoms with Crippen molar-refractivity contribution in [2.75, 3.05) is 11.4 Å². The van der Waals surface area contributed by atoms with Gasteiger partial charge in [0.05, 0.1) is 16.3 Å². The zero-order valence-corrected chi connectivity index (χ0v) is 12.8. The highest BCUT2D eigenvalue weighted by Gasteiger charge is 2.25. The van der Waals surface area contributed by atoms with Gasteiger partial charge in [0.2, 0.25) is 0 Å². The number of rotatable bonds is 2. The monoisotopic (exact) mass is 325 g/mol. The number of carbonyl (C=O) groups excluding carboxylic acids is 1. The molecule has 1 N–H and O–H groups in total. The fourth-order valence-electron chi connectivity index (χ4n) is 2.81. The number of hydrogen-bond acceptors (Lipinski definition) is 5. The van der Waals surface area contributed by atoms with Crippen LogP contribution in [0.2, 0.25) is 0 Å². The lowest BCUT2D eigenvalue weighted by molar-refractivity contribution is -0.384. The number of oxime groups is 1. The third kappa shape index (κ3) is 2.83. The van der Waals surface area contributed by atoms with Crippen molar-refractivity contribution in [3.8, 4) is 0 Å². The van der Waals surface area contributed by atoms with Crippen LogP contribution in [0.15, 0.2) is 53.7 Å². The van der Waals surface area contributed by atoms with E-state index in [0.717, 1.165) is 0 Å². The quantitative estimate of drug-likeness (QED) is 0.521. The summed E-state index contributed by atoms with van der Waals surface area (Å²) in [7, 11) is 0. The van der Waals surface area contributed by atoms with Crippen molar-refractivity contribution in [3.05, 3.63) is 69.8 Å². The van der Waals surface area contributed by atoms with Crippen molar-refractivity contribution < 1.29 is 14.9 Å². The number of benzene rings is 2. The van der Waals surface area contributed by atoms with Crippen LogP contribution in [0.4, 0.5) is 11.4 Å². The second-order valence-corrected chi connectivity index (χ2v) is 5.43. The maximum absolute atomic E-state index is 12.8. The Morgan fingerprint density at radius 2 is 1.88 bits per heavy atom. The van der Waals surface area contributed by atoms with Gasteiger partial charge in [0, 0.05) is 29.8 Å². The van der Waals surface area contributed by atoms with E-state index in [1.807, 2.05) is 18.2 Å². The number of carbonyl (C=O) groups is 1. The molecule has 0 saturated carbocycles. The summed E-state index contributed by atoms with van der Waals surface area (Å²) >= 11 is 0. The summed E-state index contributed by atoms with van der Waals surface area (Å²) < 4.78 is 0. The number of nitrogens with zero attached hydrogens (tertiary/aromatic N) is 3. The van der Waals surface area contributed by atoms with Gasteiger partial charge in [-0.15, -0.1) is 0 Å². The molecule has 0 bridgehead atoms. The van der Waals surface area contributed by atoms with E-state index in [1.165, 1.54) is 24.3 Å². The summed E-state index contributed by atoms with van der Waals surface area (Å²) in [5, 5.41) is 23.3. The number of fused-ring (bicyclic) bond motifs is 1. The standard InChI is InChI=1S/C17H15N3O4/c21-17(12-7-9-13(10-8-12)20(23)24)19-11-3-5-15(18-22)14-4-1-2-6-16(14)19/h1-2,4,6-10,22H,3,5,11H2/b18-15+. The molecule has 0 radical (unpaired) electrons. The molecule has 0 aliphatic carbocycles. The van der Waals surface area contributed by atoms with E-state index in [2.05, 4.69) is 5.16 Å². The second-order valence-electron chi connectivity index (χ2n) is 5.43. The predicted octanol–water partition coefficient (Wildman–Crippen LogP) is 3.21. The van der Waals surface area contributed by atoms with Crippen LogP contribution in [-0.4, -0.2) is 28.3 Å². The third-order valence-corrected chi connectivity index (χ3v) is 3.99. The van der Waals surface area contributed by atoms with Gasteiger partial charge in [0.25, 0.3) is 11.6 Å². The SMILES string of the molecule is O=C(c1ccc([N+](=O)[O-])cc1)N1CCC/C(=N\O)c2ccccc21. The minimum absolute atomic E-state index is 0.0579. The van der Waals surface area contributed by atoms with Crippen molar-refractivity contribution >= 4 is 23.0 Å². The number of nitro benzene ring substituents is 1. The second kappa shape index (κ2) is 6.49. The minimum Gasteiger partial charge on any atom is -0.411 e. The molecule has 0 aromatic heterocycles. The van der Waals surface area contributed by atoms with Crippen LogP contribution in [0.3, 0.4) is 0 Å². The van der Waals surface area contributed by atoms with Crippen molar-refractivity contribution in [2.45, 2.75) is 12.8 Å². The van der Waals surface area contributed by atoms with Crippen molar-refractivity contribution in [1.82, 2.24) is 0 Å². The fraction of sp³-hybridized carbons (Fsp3) is 0.176. The molecule has 1 heterocycles. The first-order chi connectivity index (χ1) is 11.6. The Morgan fingerprint density at radius 3 is 2.54 bits per heavy atom. The lowest BCUT2D eigenvalue weighted by atomic mass is 10.1. The molecule has 0 saturated heterocycles. The van der Waals surface area contributed by atoms with Crippen LogP contribution < -0.4 is 4.90 Å². The number of non-ortho nitro benzene ring substituents is 1. The average Bonchev–Trinajstić information content (AvgIpc) is 2.80. The van der Waals surface area contributed by atoms with Crippen molar-refractivity contribution in [2.24, 2.45) is 5.16 Å². The predicted molar refractivity (Wildman–Crippen MR) is 88.8 cm³/mol. The first kappa shape index (κ1) is 15.7. The smallest absolute Gasteiger partial charge is 0.269 e. The molecule has 1 aliphatic rings. The Morgan fingerprint density at radius 1 is 1.17 bits per heavy atom. The van der Waals surface area contributed by atoms with E-state index in [0.29, 0.717) is 41.9 Å². The number of para-hydroxylation sites is 1. The summed E-state index contributed by atoms with van der Waals surface area (Å²) in [6.07, 6.45) is 1.23. The van der Waals surface area contributed by atoms with Crippen LogP contribution >= 0.6 is 0 Å². The van der Waals surface area contributed by atoms with Gasteiger partial charge >= 0.3 is 0 Å². The number of hydrogen-bond donors (Lipinski definition) is 1. The molecule has 2 aromatic rings. The molecule has 122 valence electrons. The summed E-state index contributed by atoms with van der Waals surface area (Å²) in [5.74, 6) is -0.239. The number of amides is 1. The van der Waals surface area contributed by atoms with Gasteiger partial charge in [-0.1, -0.05) is 23.4 Å². The molecular weight excluding hydrogens is 310 g/mol. The summed E-state index contributed by atoms with van der Waals surface area (Å²) in [6, 6.07) is 12.8. The van der Waals surface area contributed by atoms with Gasteiger partial charge in [0.1, 0.15) is 0 Å². The molecule has 7 heteroatoms. The lowest BCUT2D eigenvalue weighted by Crippen LogP contribution is -2.31. The topological polar surface area (TPSA) is 96.0 Å². The van der Waals surface area contributed by atoms with Crippen LogP contribution in [0.5, 0.6) is 0 Å². The maximum atomic E-state index is 12.8. The Bertz CT molecular complexity index is 815. The molecule has 0 unspecified atom stereocenters. The molecule has 1 aliphatic heterocycles. The molecule has 0 atom stereocenters. The first-order valence-electron chi connectivity index (χ1n) is 7.48. The first-order valence-corrected chi connectivity index (χ1v) is 7.48. The number of anilines is 1. The van der Waals surface area contributed by atoms with Crippen LogP contribution in [0.1, 0.15) is 28.8 Å². The van der Waals surface area contributed by atoms with E-state index in [9.17, 15) is 20.1 Å². The third-order valence-electron chi connectivity index (χ3n) is 3.99. The highest BCUT2D eigenvalue weighted by atomic mass is 16.6. The van der Waals surface area contributed by atoms with Crippen molar-refractivity contribution in [3.63, 3.8) is 0 Å².